The third-order valence-corrected chi connectivity index (χ3v) is 7.88. The van der Waals surface area contributed by atoms with Gasteiger partial charge in [-0.25, -0.2) is 13.4 Å². The number of carbonyl (C=O) groups excluding carboxylic acids is 1. The molecule has 0 atom stereocenters. The molecule has 3 aromatic carbocycles. The predicted molar refractivity (Wildman–Crippen MR) is 138 cm³/mol. The van der Waals surface area contributed by atoms with Gasteiger partial charge in [0.25, 0.3) is 5.91 Å². The Hall–Kier alpha value is -3.76. The molecule has 5 rings (SSSR count). The van der Waals surface area contributed by atoms with Crippen molar-refractivity contribution in [2.24, 2.45) is 0 Å². The lowest BCUT2D eigenvalue weighted by Crippen LogP contribution is -2.43. The predicted octanol–water partition coefficient (Wildman–Crippen LogP) is 3.97. The van der Waals surface area contributed by atoms with Crippen molar-refractivity contribution in [2.45, 2.75) is 6.92 Å². The number of nitrogens with one attached hydrogen (secondary N) is 1. The van der Waals surface area contributed by atoms with Gasteiger partial charge in [0, 0.05) is 34.9 Å². The van der Waals surface area contributed by atoms with E-state index in [9.17, 15) is 18.3 Å². The largest absolute Gasteiger partial charge is 0.507 e. The van der Waals surface area contributed by atoms with E-state index in [1.54, 1.807) is 53.4 Å². The van der Waals surface area contributed by atoms with E-state index in [0.717, 1.165) is 11.1 Å². The quantitative estimate of drug-likeness (QED) is 0.411. The number of sulfone groups is 1. The van der Waals surface area contributed by atoms with Crippen molar-refractivity contribution in [1.29, 1.82) is 0 Å². The third-order valence-electron chi connectivity index (χ3n) is 6.04. The summed E-state index contributed by atoms with van der Waals surface area (Å²) in [5.41, 5.74) is 4.58. The van der Waals surface area contributed by atoms with E-state index >= 15 is 0 Å². The molecular formula is C25H22ClN5O4S. The van der Waals surface area contributed by atoms with Gasteiger partial charge in [-0.15, -0.1) is 10.2 Å². The highest BCUT2D eigenvalue weighted by atomic mass is 35.5. The first-order valence-electron chi connectivity index (χ1n) is 11.2. The number of aromatic hydroxyl groups is 1. The van der Waals surface area contributed by atoms with E-state index in [0.29, 0.717) is 38.8 Å². The Bertz CT molecular complexity index is 1580. The van der Waals surface area contributed by atoms with Crippen LogP contribution in [0.5, 0.6) is 5.75 Å². The van der Waals surface area contributed by atoms with E-state index in [4.69, 9.17) is 11.6 Å². The number of phenols is 1. The summed E-state index contributed by atoms with van der Waals surface area (Å²) in [6, 6.07) is 15.4. The summed E-state index contributed by atoms with van der Waals surface area (Å²) in [7, 11) is -3.05. The summed E-state index contributed by atoms with van der Waals surface area (Å²) in [5.74, 6) is 0.198. The molecule has 0 aliphatic carbocycles. The van der Waals surface area contributed by atoms with Crippen molar-refractivity contribution in [3.8, 4) is 16.9 Å². The number of phenolic OH excluding ortho intramolecular Hbond substituents is 1. The van der Waals surface area contributed by atoms with Gasteiger partial charge >= 0.3 is 0 Å². The van der Waals surface area contributed by atoms with Crippen LogP contribution >= 0.6 is 11.6 Å². The first kappa shape index (κ1) is 24.0. The SMILES string of the molecule is Cc1cc(-c2cc(Cl)ccc2O)cc2nnc(Nc3ccc(C(=O)N4CCS(=O)(=O)CC4)cc3)nc12. The molecule has 0 saturated carbocycles. The number of aromatic nitrogens is 3. The van der Waals surface area contributed by atoms with Gasteiger partial charge in [0.1, 0.15) is 11.3 Å². The van der Waals surface area contributed by atoms with Gasteiger partial charge in [0.15, 0.2) is 9.84 Å². The maximum Gasteiger partial charge on any atom is 0.253 e. The molecule has 1 aliphatic heterocycles. The number of rotatable bonds is 4. The second-order valence-corrected chi connectivity index (χ2v) is 11.3. The third kappa shape index (κ3) is 4.95. The number of hydrogen-bond donors (Lipinski definition) is 2. The molecule has 4 aromatic rings. The summed E-state index contributed by atoms with van der Waals surface area (Å²) in [6.07, 6.45) is 0. The van der Waals surface area contributed by atoms with Crippen LogP contribution in [0, 0.1) is 6.92 Å². The average Bonchev–Trinajstić information content (AvgIpc) is 2.86. The second kappa shape index (κ2) is 9.36. The number of halogens is 1. The number of hydrogen-bond acceptors (Lipinski definition) is 8. The fraction of sp³-hybridized carbons (Fsp3) is 0.200. The van der Waals surface area contributed by atoms with Crippen molar-refractivity contribution in [2.75, 3.05) is 29.9 Å². The van der Waals surface area contributed by atoms with Gasteiger partial charge < -0.3 is 15.3 Å². The summed E-state index contributed by atoms with van der Waals surface area (Å²) < 4.78 is 23.2. The zero-order valence-corrected chi connectivity index (χ0v) is 20.8. The summed E-state index contributed by atoms with van der Waals surface area (Å²) in [5, 5.41) is 22.3. The monoisotopic (exact) mass is 523 g/mol. The van der Waals surface area contributed by atoms with Gasteiger partial charge in [-0.05, 0) is 72.6 Å². The number of fused-ring (bicyclic) bond motifs is 1. The Kier molecular flexibility index (Phi) is 6.23. The van der Waals surface area contributed by atoms with E-state index in [2.05, 4.69) is 20.5 Å². The highest BCUT2D eigenvalue weighted by Crippen LogP contribution is 2.34. The van der Waals surface area contributed by atoms with Gasteiger partial charge in [0.05, 0.1) is 17.0 Å². The molecule has 1 amide bonds. The van der Waals surface area contributed by atoms with Crippen LogP contribution in [0.25, 0.3) is 22.2 Å². The second-order valence-electron chi connectivity index (χ2n) is 8.60. The van der Waals surface area contributed by atoms with Gasteiger partial charge in [-0.2, -0.15) is 0 Å². The highest BCUT2D eigenvalue weighted by molar-refractivity contribution is 7.91. The molecule has 9 nitrogen and oxygen atoms in total. The molecule has 1 fully saturated rings. The Labute approximate surface area is 212 Å². The molecule has 184 valence electrons. The summed E-state index contributed by atoms with van der Waals surface area (Å²) in [4.78, 5) is 18.8. The zero-order valence-electron chi connectivity index (χ0n) is 19.3. The fourth-order valence-corrected chi connectivity index (χ4v) is 5.46. The average molecular weight is 524 g/mol. The van der Waals surface area contributed by atoms with Crippen molar-refractivity contribution < 1.29 is 18.3 Å². The maximum absolute atomic E-state index is 12.7. The number of carbonyl (C=O) groups is 1. The van der Waals surface area contributed by atoms with E-state index in [1.165, 1.54) is 0 Å². The van der Waals surface area contributed by atoms with Gasteiger partial charge in [-0.1, -0.05) is 11.6 Å². The minimum absolute atomic E-state index is 0.00809. The lowest BCUT2D eigenvalue weighted by Gasteiger charge is -2.26. The number of benzene rings is 3. The Morgan fingerprint density at radius 1 is 1.03 bits per heavy atom. The Balaban J connectivity index is 1.34. The van der Waals surface area contributed by atoms with Crippen LogP contribution in [-0.4, -0.2) is 64.1 Å². The maximum atomic E-state index is 12.7. The van der Waals surface area contributed by atoms with Crippen LogP contribution in [-0.2, 0) is 9.84 Å². The Morgan fingerprint density at radius 3 is 2.47 bits per heavy atom. The van der Waals surface area contributed by atoms with E-state index in [1.807, 2.05) is 13.0 Å². The van der Waals surface area contributed by atoms with Crippen molar-refractivity contribution in [3.05, 3.63) is 70.7 Å². The normalized spacial score (nSPS) is 15.1. The van der Waals surface area contributed by atoms with Crippen LogP contribution in [0.3, 0.4) is 0 Å². The molecule has 0 spiro atoms. The number of aryl methyl sites for hydroxylation is 1. The van der Waals surface area contributed by atoms with Crippen LogP contribution in [0.4, 0.5) is 11.6 Å². The molecular weight excluding hydrogens is 502 g/mol. The fourth-order valence-electron chi connectivity index (χ4n) is 4.08. The molecule has 11 heteroatoms. The van der Waals surface area contributed by atoms with Crippen molar-refractivity contribution >= 4 is 50.0 Å². The van der Waals surface area contributed by atoms with Crippen molar-refractivity contribution in [1.82, 2.24) is 20.1 Å². The number of amides is 1. The highest BCUT2D eigenvalue weighted by Gasteiger charge is 2.25. The van der Waals surface area contributed by atoms with Crippen LogP contribution in [0.2, 0.25) is 5.02 Å². The van der Waals surface area contributed by atoms with Gasteiger partial charge in [0.2, 0.25) is 5.95 Å². The number of nitrogens with zero attached hydrogens (tertiary/aromatic N) is 4. The first-order chi connectivity index (χ1) is 17.2. The minimum Gasteiger partial charge on any atom is -0.507 e. The minimum atomic E-state index is -3.05. The topological polar surface area (TPSA) is 125 Å². The van der Waals surface area contributed by atoms with Crippen molar-refractivity contribution in [3.63, 3.8) is 0 Å². The van der Waals surface area contributed by atoms with Crippen LogP contribution in [0.15, 0.2) is 54.6 Å². The molecule has 2 N–H and O–H groups in total. The molecule has 0 bridgehead atoms. The zero-order chi connectivity index (χ0) is 25.4. The molecule has 2 heterocycles. The molecule has 36 heavy (non-hydrogen) atoms. The number of anilines is 2. The molecule has 1 saturated heterocycles. The first-order valence-corrected chi connectivity index (χ1v) is 13.4. The molecule has 0 radical (unpaired) electrons. The van der Waals surface area contributed by atoms with Crippen LogP contribution in [0.1, 0.15) is 15.9 Å². The van der Waals surface area contributed by atoms with Gasteiger partial charge in [-0.3, -0.25) is 4.79 Å². The molecule has 1 aliphatic rings. The summed E-state index contributed by atoms with van der Waals surface area (Å²) >= 11 is 6.10. The van der Waals surface area contributed by atoms with E-state index < -0.39 is 9.84 Å². The van der Waals surface area contributed by atoms with E-state index in [-0.39, 0.29) is 36.3 Å². The Morgan fingerprint density at radius 2 is 1.75 bits per heavy atom. The lowest BCUT2D eigenvalue weighted by atomic mass is 10.0. The smallest absolute Gasteiger partial charge is 0.253 e. The standard InChI is InChI=1S/C25H22ClN5O4S/c1-15-12-17(20-14-18(26)4-7-22(20)32)13-21-23(15)28-25(30-29-21)27-19-5-2-16(3-6-19)24(33)31-8-10-36(34,35)11-9-31/h2-7,12-14,32H,8-11H2,1H3,(H,27,28,30). The molecule has 1 aromatic heterocycles. The lowest BCUT2D eigenvalue weighted by molar-refractivity contribution is 0.0770. The van der Waals surface area contributed by atoms with Crippen LogP contribution < -0.4 is 5.32 Å². The molecule has 0 unspecified atom stereocenters. The summed E-state index contributed by atoms with van der Waals surface area (Å²) in [6.45, 7) is 2.31.